The molecular formula is C23H27N7O2. The zero-order valence-corrected chi connectivity index (χ0v) is 18.0. The summed E-state index contributed by atoms with van der Waals surface area (Å²) in [6.07, 6.45) is 1.39. The Morgan fingerprint density at radius 1 is 1.06 bits per heavy atom. The lowest BCUT2D eigenvalue weighted by Crippen LogP contribution is -2.38. The molecule has 0 amide bonds. The van der Waals surface area contributed by atoms with Crippen LogP contribution in [0, 0.1) is 5.41 Å². The van der Waals surface area contributed by atoms with Gasteiger partial charge in [0.05, 0.1) is 24.5 Å². The number of nitrogens with two attached hydrogens (primary N) is 1. The first-order valence-electron chi connectivity index (χ1n) is 10.4. The predicted molar refractivity (Wildman–Crippen MR) is 126 cm³/mol. The molecule has 32 heavy (non-hydrogen) atoms. The molecule has 5 N–H and O–H groups in total. The maximum Gasteiger partial charge on any atom is 0.145 e. The zero-order valence-electron chi connectivity index (χ0n) is 18.0. The van der Waals surface area contributed by atoms with Crippen molar-refractivity contribution in [2.24, 2.45) is 0 Å². The van der Waals surface area contributed by atoms with Crippen LogP contribution < -0.4 is 21.1 Å². The minimum absolute atomic E-state index is 0.233. The first kappa shape index (κ1) is 21.5. The number of aromatic nitrogens is 2. The number of nitrogens with one attached hydrogen (secondary N) is 3. The Hall–Kier alpha value is -3.69. The SMILES string of the molecule is CNc1ccc(Nc2ncnc(N)c2C(=N)c2ccc(OCN3CCOCC3)cc2)cc1. The zero-order chi connectivity index (χ0) is 22.3. The lowest BCUT2D eigenvalue weighted by Gasteiger charge is -2.26. The van der Waals surface area contributed by atoms with Gasteiger partial charge in [-0.25, -0.2) is 9.97 Å². The number of rotatable bonds is 8. The summed E-state index contributed by atoms with van der Waals surface area (Å²) in [6, 6.07) is 15.2. The van der Waals surface area contributed by atoms with Crippen molar-refractivity contribution >= 4 is 28.7 Å². The van der Waals surface area contributed by atoms with Gasteiger partial charge in [-0.3, -0.25) is 10.3 Å². The van der Waals surface area contributed by atoms with E-state index in [0.29, 0.717) is 23.7 Å². The summed E-state index contributed by atoms with van der Waals surface area (Å²) < 4.78 is 11.2. The van der Waals surface area contributed by atoms with Crippen LogP contribution >= 0.6 is 0 Å². The molecule has 0 saturated carbocycles. The predicted octanol–water partition coefficient (Wildman–Crippen LogP) is 2.93. The van der Waals surface area contributed by atoms with Gasteiger partial charge in [0.25, 0.3) is 0 Å². The van der Waals surface area contributed by atoms with Gasteiger partial charge in [-0.05, 0) is 48.5 Å². The highest BCUT2D eigenvalue weighted by atomic mass is 16.5. The highest BCUT2D eigenvalue weighted by Gasteiger charge is 2.17. The van der Waals surface area contributed by atoms with Crippen LogP contribution in [0.4, 0.5) is 23.0 Å². The van der Waals surface area contributed by atoms with Crippen LogP contribution in [0.1, 0.15) is 11.1 Å². The van der Waals surface area contributed by atoms with Gasteiger partial charge in [0, 0.05) is 37.1 Å². The molecule has 0 spiro atoms. The second-order valence-electron chi connectivity index (χ2n) is 7.34. The van der Waals surface area contributed by atoms with E-state index < -0.39 is 0 Å². The molecule has 1 aliphatic heterocycles. The lowest BCUT2D eigenvalue weighted by molar-refractivity contribution is 0.00407. The van der Waals surface area contributed by atoms with Crippen molar-refractivity contribution in [1.82, 2.24) is 14.9 Å². The Kier molecular flexibility index (Phi) is 6.78. The van der Waals surface area contributed by atoms with Crippen molar-refractivity contribution in [3.63, 3.8) is 0 Å². The van der Waals surface area contributed by atoms with Crippen molar-refractivity contribution in [2.75, 3.05) is 56.4 Å². The number of nitrogens with zero attached hydrogens (tertiary/aromatic N) is 3. The minimum Gasteiger partial charge on any atom is -0.478 e. The molecule has 9 heteroatoms. The average molecular weight is 434 g/mol. The van der Waals surface area contributed by atoms with E-state index in [1.807, 2.05) is 55.6 Å². The molecular weight excluding hydrogens is 406 g/mol. The third-order valence-corrected chi connectivity index (χ3v) is 5.22. The first-order valence-corrected chi connectivity index (χ1v) is 10.4. The van der Waals surface area contributed by atoms with E-state index in [1.54, 1.807) is 0 Å². The summed E-state index contributed by atoms with van der Waals surface area (Å²) in [4.78, 5) is 10.6. The van der Waals surface area contributed by atoms with Crippen LogP contribution in [-0.4, -0.2) is 60.7 Å². The number of hydrogen-bond donors (Lipinski definition) is 4. The normalized spacial score (nSPS) is 14.0. The summed E-state index contributed by atoms with van der Waals surface area (Å²) in [5, 5.41) is 15.1. The number of nitrogen functional groups attached to an aromatic ring is 1. The Labute approximate surface area is 187 Å². The fraction of sp³-hybridized carbons (Fsp3) is 0.261. The van der Waals surface area contributed by atoms with E-state index in [0.717, 1.165) is 43.4 Å². The molecule has 0 atom stereocenters. The topological polar surface area (TPSA) is 121 Å². The van der Waals surface area contributed by atoms with Gasteiger partial charge < -0.3 is 25.8 Å². The third kappa shape index (κ3) is 5.13. The maximum atomic E-state index is 8.74. The van der Waals surface area contributed by atoms with Crippen LogP contribution in [0.3, 0.4) is 0 Å². The summed E-state index contributed by atoms with van der Waals surface area (Å²) in [7, 11) is 1.87. The smallest absolute Gasteiger partial charge is 0.145 e. The van der Waals surface area contributed by atoms with E-state index >= 15 is 0 Å². The van der Waals surface area contributed by atoms with E-state index in [1.165, 1.54) is 6.33 Å². The molecule has 1 saturated heterocycles. The minimum atomic E-state index is 0.233. The molecule has 0 radical (unpaired) electrons. The van der Waals surface area contributed by atoms with Gasteiger partial charge in [0.15, 0.2) is 0 Å². The van der Waals surface area contributed by atoms with Crippen LogP contribution in [0.25, 0.3) is 0 Å². The Bertz CT molecular complexity index is 1050. The quantitative estimate of drug-likeness (QED) is 0.400. The fourth-order valence-corrected chi connectivity index (χ4v) is 3.36. The number of benzene rings is 2. The largest absolute Gasteiger partial charge is 0.478 e. The molecule has 0 unspecified atom stereocenters. The van der Waals surface area contributed by atoms with E-state index in [2.05, 4.69) is 25.5 Å². The van der Waals surface area contributed by atoms with Crippen molar-refractivity contribution < 1.29 is 9.47 Å². The van der Waals surface area contributed by atoms with E-state index in [9.17, 15) is 0 Å². The highest BCUT2D eigenvalue weighted by Crippen LogP contribution is 2.26. The number of ether oxygens (including phenoxy) is 2. The van der Waals surface area contributed by atoms with Crippen molar-refractivity contribution in [3.8, 4) is 5.75 Å². The molecule has 4 rings (SSSR count). The monoisotopic (exact) mass is 433 g/mol. The van der Waals surface area contributed by atoms with Crippen LogP contribution in [0.5, 0.6) is 5.75 Å². The molecule has 166 valence electrons. The van der Waals surface area contributed by atoms with Crippen molar-refractivity contribution in [3.05, 3.63) is 66.0 Å². The molecule has 0 aliphatic carbocycles. The second kappa shape index (κ2) is 10.1. The molecule has 2 heterocycles. The van der Waals surface area contributed by atoms with E-state index in [4.69, 9.17) is 20.6 Å². The summed E-state index contributed by atoms with van der Waals surface area (Å²) in [5.74, 6) is 1.47. The van der Waals surface area contributed by atoms with Crippen LogP contribution in [-0.2, 0) is 4.74 Å². The van der Waals surface area contributed by atoms with Gasteiger partial charge in [0.2, 0.25) is 0 Å². The van der Waals surface area contributed by atoms with Gasteiger partial charge in [0.1, 0.15) is 30.4 Å². The standard InChI is InChI=1S/C23H27N7O2/c1-26-17-4-6-18(7-5-17)29-23-20(22(25)27-14-28-23)21(24)16-2-8-19(9-3-16)32-15-30-10-12-31-13-11-30/h2-9,14,24,26H,10-13,15H2,1H3,(H3,25,27,28,29). The van der Waals surface area contributed by atoms with Crippen LogP contribution in [0.15, 0.2) is 54.9 Å². The average Bonchev–Trinajstić information content (AvgIpc) is 2.84. The number of morpholine rings is 1. The molecule has 1 fully saturated rings. The molecule has 1 aromatic heterocycles. The maximum absolute atomic E-state index is 8.74. The molecule has 3 aromatic rings. The Morgan fingerprint density at radius 2 is 1.75 bits per heavy atom. The molecule has 1 aliphatic rings. The molecule has 2 aromatic carbocycles. The van der Waals surface area contributed by atoms with Crippen LogP contribution in [0.2, 0.25) is 0 Å². The Morgan fingerprint density at radius 3 is 2.44 bits per heavy atom. The van der Waals surface area contributed by atoms with Gasteiger partial charge in [-0.15, -0.1) is 0 Å². The van der Waals surface area contributed by atoms with Crippen molar-refractivity contribution in [1.29, 1.82) is 5.41 Å². The third-order valence-electron chi connectivity index (χ3n) is 5.22. The number of hydrogen-bond acceptors (Lipinski definition) is 9. The first-order chi connectivity index (χ1) is 15.6. The fourth-order valence-electron chi connectivity index (χ4n) is 3.36. The van der Waals surface area contributed by atoms with Crippen molar-refractivity contribution in [2.45, 2.75) is 0 Å². The van der Waals surface area contributed by atoms with Gasteiger partial charge >= 0.3 is 0 Å². The van der Waals surface area contributed by atoms with Gasteiger partial charge in [-0.1, -0.05) is 0 Å². The van der Waals surface area contributed by atoms with E-state index in [-0.39, 0.29) is 11.5 Å². The highest BCUT2D eigenvalue weighted by molar-refractivity contribution is 6.16. The molecule has 9 nitrogen and oxygen atoms in total. The Balaban J connectivity index is 1.48. The number of anilines is 4. The summed E-state index contributed by atoms with van der Waals surface area (Å²) in [5.41, 5.74) is 9.35. The summed E-state index contributed by atoms with van der Waals surface area (Å²) in [6.45, 7) is 3.71. The molecule has 0 bridgehead atoms. The lowest BCUT2D eigenvalue weighted by atomic mass is 10.0. The second-order valence-corrected chi connectivity index (χ2v) is 7.34. The van der Waals surface area contributed by atoms with Gasteiger partial charge in [-0.2, -0.15) is 0 Å². The summed E-state index contributed by atoms with van der Waals surface area (Å²) >= 11 is 0.